The Hall–Kier alpha value is 0.400. The number of hydrogen-bond donors (Lipinski definition) is 0. The molecule has 2 nitrogen and oxygen atoms in total. The van der Waals surface area contributed by atoms with Crippen LogP contribution in [-0.2, 0) is 9.47 Å². The van der Waals surface area contributed by atoms with E-state index < -0.39 is 0 Å². The van der Waals surface area contributed by atoms with Crippen molar-refractivity contribution < 1.29 is 9.47 Å². The molecule has 0 heterocycles. The lowest BCUT2D eigenvalue weighted by molar-refractivity contribution is -0.146. The molecule has 3 heteroatoms. The van der Waals surface area contributed by atoms with E-state index in [0.717, 1.165) is 6.42 Å². The van der Waals surface area contributed by atoms with Crippen molar-refractivity contribution in [1.82, 2.24) is 0 Å². The summed E-state index contributed by atoms with van der Waals surface area (Å²) in [4.78, 5) is 0.625. The van der Waals surface area contributed by atoms with Crippen LogP contribution in [0.4, 0.5) is 0 Å². The fourth-order valence-corrected chi connectivity index (χ4v) is 3.87. The highest BCUT2D eigenvalue weighted by Crippen LogP contribution is 2.52. The molecule has 0 amide bonds. The highest BCUT2D eigenvalue weighted by atomic mass is 79.9. The van der Waals surface area contributed by atoms with Crippen molar-refractivity contribution in [2.75, 3.05) is 13.7 Å². The number of methoxy groups -OCH3 is 1. The Bertz CT molecular complexity index is 192. The summed E-state index contributed by atoms with van der Waals surface area (Å²) in [7, 11) is 1.72. The molecule has 15 heavy (non-hydrogen) atoms. The SMILES string of the molecule is CCC1(CC)C(Br)CC1OC(C)COC. The second-order valence-corrected chi connectivity index (χ2v) is 5.64. The summed E-state index contributed by atoms with van der Waals surface area (Å²) in [6.07, 6.45) is 4.11. The van der Waals surface area contributed by atoms with Gasteiger partial charge in [0.15, 0.2) is 0 Å². The second-order valence-electron chi connectivity index (χ2n) is 4.53. The molecule has 3 atom stereocenters. The molecule has 0 aromatic heterocycles. The Morgan fingerprint density at radius 2 is 2.00 bits per heavy atom. The Balaban J connectivity index is 2.49. The van der Waals surface area contributed by atoms with Crippen molar-refractivity contribution in [2.45, 2.75) is 57.1 Å². The molecule has 1 aliphatic rings. The highest BCUT2D eigenvalue weighted by Gasteiger charge is 2.52. The van der Waals surface area contributed by atoms with Crippen molar-refractivity contribution in [2.24, 2.45) is 5.41 Å². The van der Waals surface area contributed by atoms with Crippen LogP contribution in [-0.4, -0.2) is 30.8 Å². The van der Waals surface area contributed by atoms with Gasteiger partial charge < -0.3 is 9.47 Å². The molecule has 1 aliphatic carbocycles. The zero-order valence-corrected chi connectivity index (χ0v) is 11.8. The Morgan fingerprint density at radius 1 is 1.40 bits per heavy atom. The lowest BCUT2D eigenvalue weighted by Crippen LogP contribution is -2.56. The minimum absolute atomic E-state index is 0.206. The maximum atomic E-state index is 6.04. The average molecular weight is 279 g/mol. The van der Waals surface area contributed by atoms with Crippen molar-refractivity contribution in [3.05, 3.63) is 0 Å². The normalized spacial score (nSPS) is 31.0. The number of rotatable bonds is 6. The predicted octanol–water partition coefficient (Wildman–Crippen LogP) is 3.38. The third-order valence-electron chi connectivity index (χ3n) is 3.80. The summed E-state index contributed by atoms with van der Waals surface area (Å²) >= 11 is 3.76. The van der Waals surface area contributed by atoms with Crippen LogP contribution in [0.25, 0.3) is 0 Å². The topological polar surface area (TPSA) is 18.5 Å². The van der Waals surface area contributed by atoms with Crippen molar-refractivity contribution in [1.29, 1.82) is 0 Å². The van der Waals surface area contributed by atoms with Gasteiger partial charge in [-0.25, -0.2) is 0 Å². The quantitative estimate of drug-likeness (QED) is 0.694. The molecule has 0 aromatic carbocycles. The van der Waals surface area contributed by atoms with Gasteiger partial charge in [0.05, 0.1) is 18.8 Å². The van der Waals surface area contributed by atoms with E-state index >= 15 is 0 Å². The predicted molar refractivity (Wildman–Crippen MR) is 66.6 cm³/mol. The van der Waals surface area contributed by atoms with Gasteiger partial charge in [0.25, 0.3) is 0 Å². The molecule has 0 aromatic rings. The van der Waals surface area contributed by atoms with Crippen LogP contribution in [0, 0.1) is 5.41 Å². The molecule has 1 saturated carbocycles. The molecule has 0 saturated heterocycles. The van der Waals surface area contributed by atoms with Crippen LogP contribution in [0.1, 0.15) is 40.0 Å². The van der Waals surface area contributed by atoms with Crippen LogP contribution in [0.3, 0.4) is 0 Å². The van der Waals surface area contributed by atoms with E-state index in [1.54, 1.807) is 7.11 Å². The van der Waals surface area contributed by atoms with E-state index in [2.05, 4.69) is 36.7 Å². The number of ether oxygens (including phenoxy) is 2. The molecule has 0 radical (unpaired) electrons. The minimum Gasteiger partial charge on any atom is -0.382 e. The standard InChI is InChI=1S/C12H23BrO2/c1-5-12(6-2)10(13)7-11(12)15-9(3)8-14-4/h9-11H,5-8H2,1-4H3. The first kappa shape index (κ1) is 13.5. The second kappa shape index (κ2) is 5.65. The van der Waals surface area contributed by atoms with Gasteiger partial charge in [-0.1, -0.05) is 29.8 Å². The first-order valence-corrected chi connectivity index (χ1v) is 6.80. The maximum Gasteiger partial charge on any atom is 0.0784 e. The molecule has 0 N–H and O–H groups in total. The van der Waals surface area contributed by atoms with Gasteiger partial charge in [-0.15, -0.1) is 0 Å². The van der Waals surface area contributed by atoms with E-state index in [1.807, 2.05) is 0 Å². The Morgan fingerprint density at radius 3 is 2.40 bits per heavy atom. The minimum atomic E-state index is 0.206. The molecule has 0 spiro atoms. The fourth-order valence-electron chi connectivity index (χ4n) is 2.59. The first-order valence-electron chi connectivity index (χ1n) is 5.89. The van der Waals surface area contributed by atoms with Crippen LogP contribution >= 0.6 is 15.9 Å². The Labute approximate surface area is 102 Å². The molecular weight excluding hydrogens is 256 g/mol. The van der Waals surface area contributed by atoms with Crippen LogP contribution in [0.2, 0.25) is 0 Å². The molecule has 0 bridgehead atoms. The molecule has 3 unspecified atom stereocenters. The smallest absolute Gasteiger partial charge is 0.0784 e. The number of halogens is 1. The zero-order valence-electron chi connectivity index (χ0n) is 10.3. The van der Waals surface area contributed by atoms with Gasteiger partial charge in [-0.2, -0.15) is 0 Å². The summed E-state index contributed by atoms with van der Waals surface area (Å²) in [5, 5.41) is 0. The zero-order chi connectivity index (χ0) is 11.5. The summed E-state index contributed by atoms with van der Waals surface area (Å²) < 4.78 is 11.1. The maximum absolute atomic E-state index is 6.04. The van der Waals surface area contributed by atoms with E-state index in [-0.39, 0.29) is 6.10 Å². The van der Waals surface area contributed by atoms with E-state index in [9.17, 15) is 0 Å². The summed E-state index contributed by atoms with van der Waals surface area (Å²) in [6.45, 7) is 7.29. The van der Waals surface area contributed by atoms with Gasteiger partial charge >= 0.3 is 0 Å². The van der Waals surface area contributed by atoms with E-state index in [4.69, 9.17) is 9.47 Å². The monoisotopic (exact) mass is 278 g/mol. The third-order valence-corrected chi connectivity index (χ3v) is 5.09. The van der Waals surface area contributed by atoms with Gasteiger partial charge in [0.2, 0.25) is 0 Å². The van der Waals surface area contributed by atoms with Crippen molar-refractivity contribution >= 4 is 15.9 Å². The fraction of sp³-hybridized carbons (Fsp3) is 1.00. The van der Waals surface area contributed by atoms with Gasteiger partial charge in [0, 0.05) is 17.4 Å². The molecule has 1 fully saturated rings. The third kappa shape index (κ3) is 2.56. The molecular formula is C12H23BrO2. The summed E-state index contributed by atoms with van der Waals surface area (Å²) in [6, 6.07) is 0. The first-order chi connectivity index (χ1) is 7.10. The van der Waals surface area contributed by atoms with E-state index in [0.29, 0.717) is 23.0 Å². The molecule has 1 rings (SSSR count). The largest absolute Gasteiger partial charge is 0.382 e. The van der Waals surface area contributed by atoms with Crippen LogP contribution in [0.5, 0.6) is 0 Å². The van der Waals surface area contributed by atoms with E-state index in [1.165, 1.54) is 12.8 Å². The highest BCUT2D eigenvalue weighted by molar-refractivity contribution is 9.09. The van der Waals surface area contributed by atoms with Crippen molar-refractivity contribution in [3.8, 4) is 0 Å². The molecule has 0 aliphatic heterocycles. The van der Waals surface area contributed by atoms with Crippen LogP contribution < -0.4 is 0 Å². The molecule has 90 valence electrons. The Kier molecular flexibility index (Phi) is 5.07. The van der Waals surface area contributed by atoms with Gasteiger partial charge in [-0.05, 0) is 26.2 Å². The number of hydrogen-bond acceptors (Lipinski definition) is 2. The van der Waals surface area contributed by atoms with Crippen molar-refractivity contribution in [3.63, 3.8) is 0 Å². The van der Waals surface area contributed by atoms with Gasteiger partial charge in [-0.3, -0.25) is 0 Å². The summed E-state index contributed by atoms with van der Waals surface area (Å²) in [5.74, 6) is 0. The van der Waals surface area contributed by atoms with Crippen LogP contribution in [0.15, 0.2) is 0 Å². The lowest BCUT2D eigenvalue weighted by Gasteiger charge is -2.53. The summed E-state index contributed by atoms with van der Waals surface area (Å²) in [5.41, 5.74) is 0.349. The number of alkyl halides is 1. The average Bonchev–Trinajstić information content (AvgIpc) is 2.19. The van der Waals surface area contributed by atoms with Gasteiger partial charge in [0.1, 0.15) is 0 Å². The lowest BCUT2D eigenvalue weighted by atomic mass is 9.62.